The lowest BCUT2D eigenvalue weighted by atomic mass is 10.0. The first-order chi connectivity index (χ1) is 42.6. The Morgan fingerprint density at radius 3 is 1.12 bits per heavy atom. The Kier molecular flexibility index (Phi) is 28.0. The number of hydrogen-bond acceptors (Lipinski definition) is 21. The molecule has 3 unspecified atom stereocenters. The third-order valence-electron chi connectivity index (χ3n) is 11.8. The van der Waals surface area contributed by atoms with Crippen LogP contribution in [0.5, 0.6) is 17.2 Å². The van der Waals surface area contributed by atoms with Crippen LogP contribution in [-0.4, -0.2) is 91.7 Å². The fraction of sp³-hybridized carbons (Fsp3) is 0.200. The first-order valence-corrected chi connectivity index (χ1v) is 27.9. The maximum absolute atomic E-state index is 12.9. The quantitative estimate of drug-likeness (QED) is 0.0179. The molecule has 0 saturated heterocycles. The summed E-state index contributed by atoms with van der Waals surface area (Å²) in [4.78, 5) is 107. The highest BCUT2D eigenvalue weighted by Crippen LogP contribution is 2.41. The van der Waals surface area contributed by atoms with Gasteiger partial charge in [-0.3, -0.25) is 30.3 Å². The highest BCUT2D eigenvalue weighted by molar-refractivity contribution is 6.38. The summed E-state index contributed by atoms with van der Waals surface area (Å²) in [7, 11) is 3.88. The average Bonchev–Trinajstić information content (AvgIpc) is 1.34. The fourth-order valence-electron chi connectivity index (χ4n) is 7.71. The van der Waals surface area contributed by atoms with Crippen LogP contribution in [0.2, 0.25) is 30.1 Å². The summed E-state index contributed by atoms with van der Waals surface area (Å²) in [5.41, 5.74) is -1.70. The molecule has 0 radical (unpaired) electrons. The molecule has 6 aromatic rings. The molecule has 474 valence electrons. The lowest BCUT2D eigenvalue weighted by Gasteiger charge is -2.21. The highest BCUT2D eigenvalue weighted by Gasteiger charge is 2.35. The minimum absolute atomic E-state index is 0.000731. The number of nitro groups is 3. The van der Waals surface area contributed by atoms with Crippen molar-refractivity contribution in [3.8, 4) is 17.2 Å². The molecule has 0 aliphatic heterocycles. The lowest BCUT2D eigenvalue weighted by molar-refractivity contribution is -0.386. The maximum Gasteiger partial charge on any atom is 0.344 e. The molecular weight excluding hydrogens is 1310 g/mol. The summed E-state index contributed by atoms with van der Waals surface area (Å²) in [6.07, 6.45) is -4.19. The molecule has 0 amide bonds. The van der Waals surface area contributed by atoms with Crippen molar-refractivity contribution in [1.29, 1.82) is 0 Å². The number of ether oxygens (including phenoxy) is 9. The van der Waals surface area contributed by atoms with Crippen LogP contribution in [0, 0.1) is 30.3 Å². The molecule has 0 aliphatic carbocycles. The molecule has 0 bridgehead atoms. The van der Waals surface area contributed by atoms with Gasteiger partial charge in [-0.1, -0.05) is 114 Å². The van der Waals surface area contributed by atoms with E-state index in [9.17, 15) is 59.1 Å². The molecule has 6 aromatic carbocycles. The fourth-order valence-corrected chi connectivity index (χ4v) is 9.09. The number of hydrogen-bond donors (Lipinski definition) is 0. The summed E-state index contributed by atoms with van der Waals surface area (Å²) in [5, 5.41) is 33.8. The van der Waals surface area contributed by atoms with Gasteiger partial charge in [0.1, 0.15) is 16.7 Å². The van der Waals surface area contributed by atoms with Crippen LogP contribution in [0.25, 0.3) is 0 Å². The third-order valence-corrected chi connectivity index (χ3v) is 13.7. The first kappa shape index (κ1) is 73.2. The topological polar surface area (TPSA) is 315 Å². The molecule has 30 heteroatoms. The number of nitrogens with zero attached hydrogens (tertiary/aromatic N) is 3. The number of carbonyl (C=O) groups is 6. The molecule has 3 atom stereocenters. The largest absolute Gasteiger partial charge is 0.494 e. The van der Waals surface area contributed by atoms with Gasteiger partial charge in [0.05, 0.1) is 108 Å². The Labute approximate surface area is 542 Å². The van der Waals surface area contributed by atoms with E-state index in [1.807, 2.05) is 0 Å². The monoisotopic (exact) mass is 1360 g/mol. The van der Waals surface area contributed by atoms with Gasteiger partial charge in [-0.05, 0) is 80.9 Å². The molecular formula is C60H51Cl6N3O21. The van der Waals surface area contributed by atoms with E-state index in [2.05, 4.69) is 19.7 Å². The van der Waals surface area contributed by atoms with Crippen molar-refractivity contribution in [3.63, 3.8) is 0 Å². The van der Waals surface area contributed by atoms with Crippen LogP contribution in [0.1, 0.15) is 86.8 Å². The van der Waals surface area contributed by atoms with Crippen molar-refractivity contribution in [2.75, 3.05) is 41.2 Å². The van der Waals surface area contributed by atoms with E-state index in [1.54, 1.807) is 20.8 Å². The second-order valence-corrected chi connectivity index (χ2v) is 19.9. The van der Waals surface area contributed by atoms with Crippen LogP contribution < -0.4 is 14.2 Å². The summed E-state index contributed by atoms with van der Waals surface area (Å²) >= 11 is 36.5. The lowest BCUT2D eigenvalue weighted by Crippen LogP contribution is -2.21. The van der Waals surface area contributed by atoms with Gasteiger partial charge in [0.15, 0.2) is 35.6 Å². The van der Waals surface area contributed by atoms with Crippen molar-refractivity contribution in [2.24, 2.45) is 0 Å². The van der Waals surface area contributed by atoms with Crippen molar-refractivity contribution in [1.82, 2.24) is 0 Å². The zero-order valence-electron chi connectivity index (χ0n) is 48.0. The predicted octanol–water partition coefficient (Wildman–Crippen LogP) is 14.8. The van der Waals surface area contributed by atoms with Crippen LogP contribution >= 0.6 is 69.6 Å². The van der Waals surface area contributed by atoms with E-state index in [0.717, 1.165) is 0 Å². The third kappa shape index (κ3) is 18.6. The van der Waals surface area contributed by atoms with E-state index in [0.29, 0.717) is 0 Å². The van der Waals surface area contributed by atoms with Gasteiger partial charge in [-0.15, -0.1) is 0 Å². The van der Waals surface area contributed by atoms with Crippen molar-refractivity contribution < 1.29 is 86.2 Å². The molecule has 0 heterocycles. The van der Waals surface area contributed by atoms with E-state index in [-0.39, 0.29) is 134 Å². The molecule has 90 heavy (non-hydrogen) atoms. The van der Waals surface area contributed by atoms with Gasteiger partial charge in [-0.25, -0.2) is 28.8 Å². The average molecular weight is 1360 g/mol. The predicted molar refractivity (Wildman–Crippen MR) is 330 cm³/mol. The number of esters is 6. The van der Waals surface area contributed by atoms with Gasteiger partial charge in [0, 0.05) is 35.9 Å². The summed E-state index contributed by atoms with van der Waals surface area (Å²) in [6, 6.07) is 24.3. The van der Waals surface area contributed by atoms with Crippen molar-refractivity contribution in [3.05, 3.63) is 240 Å². The van der Waals surface area contributed by atoms with Crippen molar-refractivity contribution in [2.45, 2.75) is 39.1 Å². The molecule has 0 spiro atoms. The summed E-state index contributed by atoms with van der Waals surface area (Å²) in [6.45, 7) is 15.9. The Morgan fingerprint density at radius 1 is 0.422 bits per heavy atom. The second-order valence-electron chi connectivity index (χ2n) is 17.4. The minimum Gasteiger partial charge on any atom is -0.494 e. The number of halogens is 6. The van der Waals surface area contributed by atoms with E-state index >= 15 is 0 Å². The smallest absolute Gasteiger partial charge is 0.344 e. The summed E-state index contributed by atoms with van der Waals surface area (Å²) < 4.78 is 46.6. The number of carbonyl (C=O) groups excluding carboxylic acids is 6. The number of para-hydroxylation sites is 1. The second kappa shape index (κ2) is 34.5. The van der Waals surface area contributed by atoms with Crippen LogP contribution in [-0.2, 0) is 42.8 Å². The number of benzene rings is 6. The van der Waals surface area contributed by atoms with Crippen LogP contribution in [0.15, 0.2) is 146 Å². The number of nitro benzene ring substituents is 3. The zero-order chi connectivity index (χ0) is 67.3. The SMILES string of the molecule is C=C(C(=O)OCC)C(OC(=O)c1c(Cl)ccc(Cl)c1OC)c1ccc([N+](=O)[O-])cc1.C=C(C(=O)OCC)C(OC(=O)c1c(Cl)ccc(Cl)c1OC)c1cccc([N+](=O)[O-])c1.C=C(C(=O)OCC)C(OC(=O)c1c(Cl)ccc(Cl)c1OC)c1ccccc1[N+](=O)[O-]. The molecule has 0 fully saturated rings. The van der Waals surface area contributed by atoms with Gasteiger partial charge in [0.25, 0.3) is 17.1 Å². The standard InChI is InChI=1S/3C20H17Cl2NO7/c1-4-29-19(24)11(2)17(12-5-7-13(8-6-12)23(26)27)30-20(25)16-14(21)9-10-15(22)18(16)28-3;1-4-29-19(24)11(2)17(12-6-5-7-13(10-12)23(26)27)30-20(25)16-14(21)8-9-15(22)18(16)28-3;1-4-29-19(24)11(2)17(12-7-5-6-8-15(12)23(26)27)30-20(25)16-13(21)9-10-14(22)18(16)28-3/h3*5-10,17H,2,4H2,1,3H3. The molecule has 0 N–H and O–H groups in total. The zero-order valence-corrected chi connectivity index (χ0v) is 52.6. The summed E-state index contributed by atoms with van der Waals surface area (Å²) in [5.74, 6) is -5.49. The molecule has 6 rings (SSSR count). The number of non-ortho nitro benzene ring substituents is 2. The minimum atomic E-state index is -1.52. The van der Waals surface area contributed by atoms with Crippen molar-refractivity contribution >= 4 is 122 Å². The maximum atomic E-state index is 12.9. The molecule has 0 aromatic heterocycles. The van der Waals surface area contributed by atoms with E-state index in [1.165, 1.54) is 131 Å². The Balaban J connectivity index is 0.000000288. The van der Waals surface area contributed by atoms with Gasteiger partial charge in [0.2, 0.25) is 0 Å². The van der Waals surface area contributed by atoms with Gasteiger partial charge >= 0.3 is 35.8 Å². The molecule has 0 saturated carbocycles. The Bertz CT molecular complexity index is 3770. The highest BCUT2D eigenvalue weighted by atomic mass is 35.5. The number of rotatable bonds is 24. The van der Waals surface area contributed by atoms with Crippen LogP contribution in [0.3, 0.4) is 0 Å². The first-order valence-electron chi connectivity index (χ1n) is 25.6. The van der Waals surface area contributed by atoms with Gasteiger partial charge in [-0.2, -0.15) is 0 Å². The Hall–Kier alpha value is -9.30. The van der Waals surface area contributed by atoms with Crippen LogP contribution in [0.4, 0.5) is 17.1 Å². The van der Waals surface area contributed by atoms with E-state index < -0.39 is 68.9 Å². The van der Waals surface area contributed by atoms with Gasteiger partial charge < -0.3 is 42.6 Å². The van der Waals surface area contributed by atoms with E-state index in [4.69, 9.17) is 112 Å². The molecule has 24 nitrogen and oxygen atoms in total. The number of methoxy groups -OCH3 is 3. The normalized spacial score (nSPS) is 11.3. The Morgan fingerprint density at radius 2 is 0.767 bits per heavy atom. The molecule has 0 aliphatic rings.